The molecule has 1 heterocycles. The van der Waals surface area contributed by atoms with Crippen LogP contribution in [0.25, 0.3) is 0 Å². The fourth-order valence-electron chi connectivity index (χ4n) is 4.35. The number of aliphatic hydroxyl groups is 1. The molecule has 3 rings (SSSR count). The summed E-state index contributed by atoms with van der Waals surface area (Å²) in [7, 11) is 0. The van der Waals surface area contributed by atoms with Gasteiger partial charge in [0.05, 0.1) is 6.10 Å². The maximum absolute atomic E-state index is 12.3. The topological polar surface area (TPSA) is 137 Å². The molecule has 8 heteroatoms. The summed E-state index contributed by atoms with van der Waals surface area (Å²) in [5.74, 6) is -1.98. The van der Waals surface area contributed by atoms with Gasteiger partial charge in [0.25, 0.3) is 0 Å². The number of aromatic hydroxyl groups is 4. The summed E-state index contributed by atoms with van der Waals surface area (Å²) in [6.45, 7) is 2.20. The van der Waals surface area contributed by atoms with E-state index < -0.39 is 35.4 Å². The van der Waals surface area contributed by atoms with Gasteiger partial charge in [0.2, 0.25) is 0 Å². The normalized spacial score (nSPS) is 17.0. The molecule has 0 saturated heterocycles. The van der Waals surface area contributed by atoms with Crippen LogP contribution in [0.4, 0.5) is 0 Å². The van der Waals surface area contributed by atoms with E-state index >= 15 is 0 Å². The van der Waals surface area contributed by atoms with Crippen molar-refractivity contribution in [2.24, 2.45) is 0 Å². The number of hydrogen-bond donors (Lipinski definition) is 5. The van der Waals surface area contributed by atoms with Gasteiger partial charge in [0.1, 0.15) is 17.2 Å². The second-order valence-corrected chi connectivity index (χ2v) is 9.19. The molecule has 0 amide bonds. The van der Waals surface area contributed by atoms with E-state index in [0.29, 0.717) is 5.56 Å². The Morgan fingerprint density at radius 2 is 1.49 bits per heavy atom. The standard InChI is InChI=1S/C27H36O8/c1-2-3-4-5-6-7-8-9-10-11-25(32)34-18-14-20(28)19-16-23(31)27(35-24(19)15-18)17-12-21(29)26(33)22(30)13-17/h12-15,23,27-31,33H,2-11,16H2,1H3. The molecule has 192 valence electrons. The average Bonchev–Trinajstić information content (AvgIpc) is 2.81. The van der Waals surface area contributed by atoms with Crippen LogP contribution in [0.3, 0.4) is 0 Å². The smallest absolute Gasteiger partial charge is 0.311 e. The average molecular weight is 489 g/mol. The van der Waals surface area contributed by atoms with Crippen LogP contribution in [0.15, 0.2) is 24.3 Å². The third kappa shape index (κ3) is 7.18. The van der Waals surface area contributed by atoms with Crippen LogP contribution in [0.5, 0.6) is 34.5 Å². The number of aliphatic hydroxyl groups excluding tert-OH is 1. The summed E-state index contributed by atoms with van der Waals surface area (Å²) in [6, 6.07) is 5.16. The molecule has 2 unspecified atom stereocenters. The van der Waals surface area contributed by atoms with Crippen LogP contribution in [0.1, 0.15) is 88.4 Å². The van der Waals surface area contributed by atoms with Crippen LogP contribution in [0.2, 0.25) is 0 Å². The Bertz CT molecular complexity index is 980. The number of phenols is 4. The summed E-state index contributed by atoms with van der Waals surface area (Å²) >= 11 is 0. The van der Waals surface area contributed by atoms with Gasteiger partial charge in [-0.05, 0) is 18.6 Å². The van der Waals surface area contributed by atoms with E-state index in [9.17, 15) is 30.3 Å². The summed E-state index contributed by atoms with van der Waals surface area (Å²) in [5, 5.41) is 50.1. The van der Waals surface area contributed by atoms with E-state index in [-0.39, 0.29) is 35.7 Å². The number of esters is 1. The number of benzene rings is 2. The lowest BCUT2D eigenvalue weighted by Gasteiger charge is -2.31. The molecule has 35 heavy (non-hydrogen) atoms. The zero-order valence-electron chi connectivity index (χ0n) is 20.2. The minimum atomic E-state index is -1.09. The molecule has 2 aromatic rings. The quantitative estimate of drug-likeness (QED) is 0.116. The second-order valence-electron chi connectivity index (χ2n) is 9.19. The Labute approximate surface area is 205 Å². The van der Waals surface area contributed by atoms with Gasteiger partial charge < -0.3 is 35.0 Å². The van der Waals surface area contributed by atoms with Crippen LogP contribution in [0, 0.1) is 0 Å². The summed E-state index contributed by atoms with van der Waals surface area (Å²) in [4.78, 5) is 12.3. The predicted octanol–water partition coefficient (Wildman–Crippen LogP) is 5.37. The van der Waals surface area contributed by atoms with Crippen molar-refractivity contribution in [2.75, 3.05) is 0 Å². The van der Waals surface area contributed by atoms with Crippen molar-refractivity contribution in [1.82, 2.24) is 0 Å². The van der Waals surface area contributed by atoms with Gasteiger partial charge in [-0.3, -0.25) is 4.79 Å². The Kier molecular flexibility index (Phi) is 9.48. The SMILES string of the molecule is CCCCCCCCCCCC(=O)Oc1cc(O)c2c(c1)OC(c1cc(O)c(O)c(O)c1)C(O)C2. The van der Waals surface area contributed by atoms with Crippen molar-refractivity contribution in [3.8, 4) is 34.5 Å². The van der Waals surface area contributed by atoms with Gasteiger partial charge in [-0.1, -0.05) is 58.3 Å². The zero-order valence-corrected chi connectivity index (χ0v) is 20.2. The molecule has 0 aliphatic carbocycles. The first-order valence-corrected chi connectivity index (χ1v) is 12.5. The first kappa shape index (κ1) is 26.5. The van der Waals surface area contributed by atoms with Gasteiger partial charge in [0, 0.05) is 36.1 Å². The molecule has 0 bridgehead atoms. The molecule has 0 radical (unpaired) electrons. The highest BCUT2D eigenvalue weighted by Gasteiger charge is 2.33. The number of unbranched alkanes of at least 4 members (excludes halogenated alkanes) is 8. The fourth-order valence-corrected chi connectivity index (χ4v) is 4.35. The van der Waals surface area contributed by atoms with Crippen molar-refractivity contribution in [3.05, 3.63) is 35.4 Å². The van der Waals surface area contributed by atoms with Gasteiger partial charge in [-0.2, -0.15) is 0 Å². The first-order chi connectivity index (χ1) is 16.8. The lowest BCUT2D eigenvalue weighted by Crippen LogP contribution is -2.30. The Morgan fingerprint density at radius 1 is 0.886 bits per heavy atom. The van der Waals surface area contributed by atoms with Crippen LogP contribution < -0.4 is 9.47 Å². The minimum Gasteiger partial charge on any atom is -0.507 e. The third-order valence-corrected chi connectivity index (χ3v) is 6.31. The predicted molar refractivity (Wildman–Crippen MR) is 130 cm³/mol. The molecule has 0 saturated carbocycles. The summed E-state index contributed by atoms with van der Waals surface area (Å²) < 4.78 is 11.2. The fraction of sp³-hybridized carbons (Fsp3) is 0.519. The van der Waals surface area contributed by atoms with Gasteiger partial charge in [-0.15, -0.1) is 0 Å². The van der Waals surface area contributed by atoms with Crippen molar-refractivity contribution in [1.29, 1.82) is 0 Å². The van der Waals surface area contributed by atoms with E-state index in [1.807, 2.05) is 0 Å². The zero-order chi connectivity index (χ0) is 25.4. The highest BCUT2D eigenvalue weighted by Crippen LogP contribution is 2.44. The first-order valence-electron chi connectivity index (χ1n) is 12.5. The van der Waals surface area contributed by atoms with Crippen molar-refractivity contribution in [3.63, 3.8) is 0 Å². The molecule has 1 aliphatic heterocycles. The van der Waals surface area contributed by atoms with Gasteiger partial charge in [-0.25, -0.2) is 0 Å². The number of rotatable bonds is 12. The highest BCUT2D eigenvalue weighted by molar-refractivity contribution is 5.73. The van der Waals surface area contributed by atoms with Crippen LogP contribution in [-0.4, -0.2) is 37.6 Å². The Morgan fingerprint density at radius 3 is 2.11 bits per heavy atom. The van der Waals surface area contributed by atoms with Crippen molar-refractivity contribution in [2.45, 2.75) is 89.8 Å². The molecule has 0 fully saturated rings. The summed E-state index contributed by atoms with van der Waals surface area (Å²) in [6.07, 6.45) is 8.57. The lowest BCUT2D eigenvalue weighted by molar-refractivity contribution is -0.134. The monoisotopic (exact) mass is 488 g/mol. The lowest BCUT2D eigenvalue weighted by atomic mass is 9.93. The second kappa shape index (κ2) is 12.5. The van der Waals surface area contributed by atoms with E-state index in [0.717, 1.165) is 19.3 Å². The molecular weight excluding hydrogens is 452 g/mol. The molecule has 0 aromatic heterocycles. The molecule has 0 spiro atoms. The van der Waals surface area contributed by atoms with Gasteiger partial charge >= 0.3 is 5.97 Å². The molecule has 2 atom stereocenters. The number of ether oxygens (including phenoxy) is 2. The number of carbonyl (C=O) groups excluding carboxylic acids is 1. The van der Waals surface area contributed by atoms with Crippen molar-refractivity contribution >= 4 is 5.97 Å². The van der Waals surface area contributed by atoms with Gasteiger partial charge in [0.15, 0.2) is 23.4 Å². The maximum Gasteiger partial charge on any atom is 0.311 e. The third-order valence-electron chi connectivity index (χ3n) is 6.31. The van der Waals surface area contributed by atoms with E-state index in [2.05, 4.69) is 6.92 Å². The number of phenolic OH excluding ortho intramolecular Hbond substituents is 4. The molecule has 8 nitrogen and oxygen atoms in total. The number of hydrogen-bond acceptors (Lipinski definition) is 8. The largest absolute Gasteiger partial charge is 0.507 e. The maximum atomic E-state index is 12.3. The van der Waals surface area contributed by atoms with E-state index in [1.54, 1.807) is 0 Å². The summed E-state index contributed by atoms with van der Waals surface area (Å²) in [5.41, 5.74) is 0.600. The molecule has 2 aromatic carbocycles. The Balaban J connectivity index is 1.55. The number of fused-ring (bicyclic) bond motifs is 1. The molecule has 5 N–H and O–H groups in total. The molecular formula is C27H36O8. The van der Waals surface area contributed by atoms with Crippen LogP contribution in [-0.2, 0) is 11.2 Å². The number of carbonyl (C=O) groups is 1. The molecule has 1 aliphatic rings. The Hall–Kier alpha value is -3.13. The van der Waals surface area contributed by atoms with E-state index in [4.69, 9.17) is 9.47 Å². The van der Waals surface area contributed by atoms with Crippen LogP contribution >= 0.6 is 0 Å². The minimum absolute atomic E-state index is 0.0426. The van der Waals surface area contributed by atoms with Crippen molar-refractivity contribution < 1.29 is 39.8 Å². The highest BCUT2D eigenvalue weighted by atomic mass is 16.5. The van der Waals surface area contributed by atoms with E-state index in [1.165, 1.54) is 62.8 Å².